The molecule has 1 unspecified atom stereocenters. The number of carbonyl (C=O) groups is 1. The smallest absolute Gasteiger partial charge is 0.407 e. The highest BCUT2D eigenvalue weighted by atomic mass is 16.5. The lowest BCUT2D eigenvalue weighted by Gasteiger charge is -2.10. The van der Waals surface area contributed by atoms with Gasteiger partial charge in [0, 0.05) is 0 Å². The molecule has 81 valence electrons. The molecule has 0 spiro atoms. The van der Waals surface area contributed by atoms with E-state index in [1.807, 2.05) is 13.8 Å². The van der Waals surface area contributed by atoms with Crippen LogP contribution in [0.2, 0.25) is 0 Å². The molecule has 0 saturated heterocycles. The molecule has 1 N–H and O–H groups in total. The molecule has 4 nitrogen and oxygen atoms in total. The number of nitrogens with one attached hydrogen (secondary N) is 1. The van der Waals surface area contributed by atoms with E-state index in [0.717, 1.165) is 19.3 Å². The molecule has 0 fully saturated rings. The van der Waals surface area contributed by atoms with Gasteiger partial charge in [0.05, 0.1) is 12.6 Å². The van der Waals surface area contributed by atoms with E-state index in [1.165, 1.54) is 0 Å². The minimum absolute atomic E-state index is 0.403. The summed E-state index contributed by atoms with van der Waals surface area (Å²) in [5.74, 6) is 0. The van der Waals surface area contributed by atoms with Crippen molar-refractivity contribution in [3.05, 3.63) is 0 Å². The van der Waals surface area contributed by atoms with Gasteiger partial charge in [-0.1, -0.05) is 26.7 Å². The van der Waals surface area contributed by atoms with E-state index in [2.05, 4.69) is 5.32 Å². The zero-order valence-corrected chi connectivity index (χ0v) is 8.84. The van der Waals surface area contributed by atoms with Crippen LogP contribution in [0.15, 0.2) is 0 Å². The summed E-state index contributed by atoms with van der Waals surface area (Å²) >= 11 is 0. The molecular weight excluding hydrogens is 182 g/mol. The predicted molar refractivity (Wildman–Crippen MR) is 53.8 cm³/mol. The molecule has 0 bridgehead atoms. The fourth-order valence-electron chi connectivity index (χ4n) is 0.942. The van der Waals surface area contributed by atoms with Crippen molar-refractivity contribution in [1.82, 2.24) is 5.32 Å². The van der Waals surface area contributed by atoms with Gasteiger partial charge >= 0.3 is 6.09 Å². The SMILES string of the molecule is CCCCOC(=O)NC([C]=O)CCC. The van der Waals surface area contributed by atoms with Crippen molar-refractivity contribution in [2.75, 3.05) is 6.61 Å². The van der Waals surface area contributed by atoms with E-state index < -0.39 is 12.1 Å². The summed E-state index contributed by atoms with van der Waals surface area (Å²) in [6, 6.07) is -0.533. The van der Waals surface area contributed by atoms with E-state index in [9.17, 15) is 9.59 Å². The van der Waals surface area contributed by atoms with Crippen LogP contribution < -0.4 is 5.32 Å². The average molecular weight is 200 g/mol. The number of hydrogen-bond donors (Lipinski definition) is 1. The van der Waals surface area contributed by atoms with Gasteiger partial charge in [0.25, 0.3) is 0 Å². The Morgan fingerprint density at radius 3 is 2.64 bits per heavy atom. The first kappa shape index (κ1) is 12.9. The molecule has 0 aromatic rings. The summed E-state index contributed by atoms with van der Waals surface area (Å²) in [5, 5.41) is 2.44. The third kappa shape index (κ3) is 6.46. The number of alkyl carbamates (subject to hydrolysis) is 1. The van der Waals surface area contributed by atoms with Crippen LogP contribution in [0.25, 0.3) is 0 Å². The first-order valence-corrected chi connectivity index (χ1v) is 5.05. The molecule has 14 heavy (non-hydrogen) atoms. The Hall–Kier alpha value is -1.06. The minimum atomic E-state index is -0.533. The summed E-state index contributed by atoms with van der Waals surface area (Å²) in [4.78, 5) is 21.4. The van der Waals surface area contributed by atoms with Gasteiger partial charge in [0.2, 0.25) is 6.29 Å². The van der Waals surface area contributed by atoms with Gasteiger partial charge in [0.15, 0.2) is 0 Å². The Bertz CT molecular complexity index is 171. The quantitative estimate of drug-likeness (QED) is 0.637. The second kappa shape index (κ2) is 8.53. The van der Waals surface area contributed by atoms with Crippen molar-refractivity contribution >= 4 is 12.4 Å². The largest absolute Gasteiger partial charge is 0.450 e. The molecule has 0 aromatic heterocycles. The Morgan fingerprint density at radius 1 is 1.43 bits per heavy atom. The molecule has 0 rings (SSSR count). The van der Waals surface area contributed by atoms with Gasteiger partial charge in [-0.15, -0.1) is 0 Å². The molecule has 4 heteroatoms. The summed E-state index contributed by atoms with van der Waals surface area (Å²) in [6.07, 6.45) is 4.49. The standard InChI is InChI=1S/C10H18NO3/c1-3-5-7-14-10(13)11-9(8-12)6-4-2/h9H,3-7H2,1-2H3,(H,11,13). The first-order chi connectivity index (χ1) is 6.74. The van der Waals surface area contributed by atoms with Gasteiger partial charge in [-0.05, 0) is 12.8 Å². The monoisotopic (exact) mass is 200 g/mol. The lowest BCUT2D eigenvalue weighted by Crippen LogP contribution is -2.36. The Kier molecular flexibility index (Phi) is 7.89. The molecule has 0 aromatic carbocycles. The van der Waals surface area contributed by atoms with Crippen LogP contribution in [0, 0.1) is 0 Å². The molecule has 0 aliphatic carbocycles. The number of unbranched alkanes of at least 4 members (excludes halogenated alkanes) is 1. The third-order valence-corrected chi connectivity index (χ3v) is 1.74. The number of ether oxygens (including phenoxy) is 1. The second-order valence-corrected chi connectivity index (χ2v) is 3.09. The minimum Gasteiger partial charge on any atom is -0.450 e. The van der Waals surface area contributed by atoms with E-state index >= 15 is 0 Å². The van der Waals surface area contributed by atoms with Crippen LogP contribution in [0.1, 0.15) is 39.5 Å². The van der Waals surface area contributed by atoms with E-state index in [0.29, 0.717) is 13.0 Å². The molecule has 0 heterocycles. The van der Waals surface area contributed by atoms with Gasteiger partial charge in [-0.3, -0.25) is 4.79 Å². The van der Waals surface area contributed by atoms with Crippen LogP contribution in [0.5, 0.6) is 0 Å². The van der Waals surface area contributed by atoms with Crippen LogP contribution in [-0.2, 0) is 9.53 Å². The molecule has 0 aliphatic heterocycles. The topological polar surface area (TPSA) is 55.4 Å². The summed E-state index contributed by atoms with van der Waals surface area (Å²) in [5.41, 5.74) is 0. The highest BCUT2D eigenvalue weighted by Crippen LogP contribution is 1.95. The van der Waals surface area contributed by atoms with Gasteiger partial charge < -0.3 is 10.1 Å². The third-order valence-electron chi connectivity index (χ3n) is 1.74. The lowest BCUT2D eigenvalue weighted by molar-refractivity contribution is 0.142. The van der Waals surface area contributed by atoms with Crippen molar-refractivity contribution in [2.45, 2.75) is 45.6 Å². The summed E-state index contributed by atoms with van der Waals surface area (Å²) in [6.45, 7) is 4.36. The van der Waals surface area contributed by atoms with E-state index in [1.54, 1.807) is 6.29 Å². The Labute approximate surface area is 85.0 Å². The number of rotatable bonds is 7. The van der Waals surface area contributed by atoms with Crippen LogP contribution in [-0.4, -0.2) is 25.0 Å². The Balaban J connectivity index is 3.62. The molecule has 1 radical (unpaired) electrons. The maximum absolute atomic E-state index is 11.0. The Morgan fingerprint density at radius 2 is 2.14 bits per heavy atom. The number of amides is 1. The fourth-order valence-corrected chi connectivity index (χ4v) is 0.942. The number of hydrogen-bond acceptors (Lipinski definition) is 3. The fraction of sp³-hybridized carbons (Fsp3) is 0.800. The molecule has 0 saturated carbocycles. The highest BCUT2D eigenvalue weighted by molar-refractivity contribution is 5.73. The molecule has 1 atom stereocenters. The molecule has 0 aliphatic rings. The first-order valence-electron chi connectivity index (χ1n) is 5.05. The van der Waals surface area contributed by atoms with E-state index in [-0.39, 0.29) is 0 Å². The average Bonchev–Trinajstić information content (AvgIpc) is 2.17. The van der Waals surface area contributed by atoms with Gasteiger partial charge in [0.1, 0.15) is 0 Å². The van der Waals surface area contributed by atoms with Crippen molar-refractivity contribution in [3.8, 4) is 0 Å². The van der Waals surface area contributed by atoms with Crippen molar-refractivity contribution in [3.63, 3.8) is 0 Å². The van der Waals surface area contributed by atoms with E-state index in [4.69, 9.17) is 4.74 Å². The molecular formula is C10H18NO3. The predicted octanol–water partition coefficient (Wildman–Crippen LogP) is 1.79. The van der Waals surface area contributed by atoms with Crippen molar-refractivity contribution < 1.29 is 14.3 Å². The highest BCUT2D eigenvalue weighted by Gasteiger charge is 2.11. The van der Waals surface area contributed by atoms with Gasteiger partial charge in [-0.2, -0.15) is 0 Å². The van der Waals surface area contributed by atoms with Gasteiger partial charge in [-0.25, -0.2) is 4.79 Å². The second-order valence-electron chi connectivity index (χ2n) is 3.09. The maximum atomic E-state index is 11.0. The van der Waals surface area contributed by atoms with Crippen LogP contribution in [0.3, 0.4) is 0 Å². The van der Waals surface area contributed by atoms with Crippen LogP contribution in [0.4, 0.5) is 4.79 Å². The normalized spacial score (nSPS) is 11.9. The maximum Gasteiger partial charge on any atom is 0.407 e. The lowest BCUT2D eigenvalue weighted by atomic mass is 10.2. The zero-order valence-electron chi connectivity index (χ0n) is 8.84. The summed E-state index contributed by atoms with van der Waals surface area (Å²) in [7, 11) is 0. The van der Waals surface area contributed by atoms with Crippen molar-refractivity contribution in [2.24, 2.45) is 0 Å². The van der Waals surface area contributed by atoms with Crippen LogP contribution >= 0.6 is 0 Å². The summed E-state index contributed by atoms with van der Waals surface area (Å²) < 4.78 is 4.83. The van der Waals surface area contributed by atoms with Crippen molar-refractivity contribution in [1.29, 1.82) is 0 Å². The number of carbonyl (C=O) groups excluding carboxylic acids is 2. The molecule has 1 amide bonds. The zero-order chi connectivity index (χ0) is 10.8.